The van der Waals surface area contributed by atoms with Gasteiger partial charge in [-0.05, 0) is 46.9 Å². The van der Waals surface area contributed by atoms with Crippen LogP contribution in [0.25, 0.3) is 0 Å². The lowest BCUT2D eigenvalue weighted by molar-refractivity contribution is -0.141. The van der Waals surface area contributed by atoms with E-state index >= 15 is 0 Å². The monoisotopic (exact) mass is 455 g/mol. The smallest absolute Gasteiger partial charge is 0.372 e. The van der Waals surface area contributed by atoms with Crippen LogP contribution in [0, 0.1) is 15.2 Å². The van der Waals surface area contributed by atoms with Gasteiger partial charge in [-0.15, -0.1) is 0 Å². The Balaban J connectivity index is 2.36. The number of hydrogen-bond acceptors (Lipinski definition) is 2. The standard InChI is InChI=1S/C15H7F5INO2/c16-6-1-2-8(10(17)3-6)14(24)12-9(15(18,19)20)4-7(21)5-11(12)22-13(14)23/h1-5,24H,(H,22,23). The van der Waals surface area contributed by atoms with Crippen molar-refractivity contribution < 1.29 is 31.9 Å². The zero-order chi connectivity index (χ0) is 17.9. The first-order valence-corrected chi connectivity index (χ1v) is 7.53. The number of hydrogen-bond donors (Lipinski definition) is 2. The minimum atomic E-state index is -4.89. The van der Waals surface area contributed by atoms with Crippen LogP contribution in [0.1, 0.15) is 16.7 Å². The molecule has 3 nitrogen and oxygen atoms in total. The van der Waals surface area contributed by atoms with Gasteiger partial charge < -0.3 is 10.4 Å². The molecule has 3 rings (SSSR count). The number of nitrogens with one attached hydrogen (secondary N) is 1. The highest BCUT2D eigenvalue weighted by molar-refractivity contribution is 14.1. The Bertz CT molecular complexity index is 868. The van der Waals surface area contributed by atoms with Gasteiger partial charge >= 0.3 is 6.18 Å². The summed E-state index contributed by atoms with van der Waals surface area (Å²) in [5, 5.41) is 12.8. The molecule has 2 aromatic carbocycles. The van der Waals surface area contributed by atoms with E-state index in [1.54, 1.807) is 22.6 Å². The van der Waals surface area contributed by atoms with Crippen molar-refractivity contribution in [1.29, 1.82) is 0 Å². The number of rotatable bonds is 1. The average Bonchev–Trinajstić information content (AvgIpc) is 2.68. The van der Waals surface area contributed by atoms with E-state index in [-0.39, 0.29) is 9.26 Å². The Morgan fingerprint density at radius 3 is 2.38 bits per heavy atom. The van der Waals surface area contributed by atoms with Crippen molar-refractivity contribution in [3.63, 3.8) is 0 Å². The fourth-order valence-corrected chi connectivity index (χ4v) is 3.31. The zero-order valence-corrected chi connectivity index (χ0v) is 13.7. The molecule has 0 radical (unpaired) electrons. The molecule has 1 aliphatic heterocycles. The van der Waals surface area contributed by atoms with Crippen LogP contribution in [0.2, 0.25) is 0 Å². The summed E-state index contributed by atoms with van der Waals surface area (Å²) in [5.41, 5.74) is -6.01. The second-order valence-electron chi connectivity index (χ2n) is 5.16. The van der Waals surface area contributed by atoms with Gasteiger partial charge in [0.1, 0.15) is 11.6 Å². The number of amides is 1. The molecule has 0 bridgehead atoms. The van der Waals surface area contributed by atoms with Crippen molar-refractivity contribution >= 4 is 34.2 Å². The van der Waals surface area contributed by atoms with E-state index in [1.807, 2.05) is 0 Å². The second kappa shape index (κ2) is 5.38. The first-order valence-electron chi connectivity index (χ1n) is 6.45. The van der Waals surface area contributed by atoms with Crippen molar-refractivity contribution in [3.8, 4) is 0 Å². The lowest BCUT2D eigenvalue weighted by atomic mass is 9.84. The van der Waals surface area contributed by atoms with Gasteiger partial charge in [0.05, 0.1) is 5.56 Å². The molecule has 0 saturated heterocycles. The first kappa shape index (κ1) is 17.1. The minimum absolute atomic E-state index is 0.169. The van der Waals surface area contributed by atoms with Gasteiger partial charge in [0, 0.05) is 26.5 Å². The molecule has 24 heavy (non-hydrogen) atoms. The molecule has 2 N–H and O–H groups in total. The topological polar surface area (TPSA) is 49.3 Å². The Labute approximate surface area is 145 Å². The number of fused-ring (bicyclic) bond motifs is 1. The number of carbonyl (C=O) groups excluding carboxylic acids is 1. The maximum atomic E-state index is 14.1. The van der Waals surface area contributed by atoms with Gasteiger partial charge in [-0.2, -0.15) is 13.2 Å². The minimum Gasteiger partial charge on any atom is -0.372 e. The van der Waals surface area contributed by atoms with E-state index in [0.29, 0.717) is 6.07 Å². The summed E-state index contributed by atoms with van der Waals surface area (Å²) in [6.07, 6.45) is -4.89. The SMILES string of the molecule is O=C1Nc2cc(I)cc(C(F)(F)F)c2C1(O)c1ccc(F)cc1F. The van der Waals surface area contributed by atoms with Crippen molar-refractivity contribution in [1.82, 2.24) is 0 Å². The molecule has 2 aromatic rings. The summed E-state index contributed by atoms with van der Waals surface area (Å²) < 4.78 is 67.4. The van der Waals surface area contributed by atoms with E-state index in [4.69, 9.17) is 0 Å². The van der Waals surface area contributed by atoms with Crippen LogP contribution in [-0.4, -0.2) is 11.0 Å². The molecule has 1 amide bonds. The Morgan fingerprint density at radius 1 is 1.12 bits per heavy atom. The fourth-order valence-electron chi connectivity index (χ4n) is 2.68. The first-order chi connectivity index (χ1) is 11.0. The quantitative estimate of drug-likeness (QED) is 0.509. The normalized spacial score (nSPS) is 20.0. The number of benzene rings is 2. The third-order valence-electron chi connectivity index (χ3n) is 3.67. The Hall–Kier alpha value is -1.75. The molecule has 9 heteroatoms. The summed E-state index contributed by atoms with van der Waals surface area (Å²) >= 11 is 1.63. The maximum Gasteiger partial charge on any atom is 0.416 e. The summed E-state index contributed by atoms with van der Waals surface area (Å²) in [5.74, 6) is -3.56. The molecule has 0 aliphatic carbocycles. The van der Waals surface area contributed by atoms with Crippen molar-refractivity contribution in [2.45, 2.75) is 11.8 Å². The van der Waals surface area contributed by atoms with Gasteiger partial charge in [0.15, 0.2) is 5.60 Å². The highest BCUT2D eigenvalue weighted by atomic mass is 127. The summed E-state index contributed by atoms with van der Waals surface area (Å²) in [7, 11) is 0. The van der Waals surface area contributed by atoms with Crippen LogP contribution < -0.4 is 5.32 Å². The number of anilines is 1. The van der Waals surface area contributed by atoms with Gasteiger partial charge in [0.25, 0.3) is 5.91 Å². The van der Waals surface area contributed by atoms with Crippen molar-refractivity contribution in [2.24, 2.45) is 0 Å². The van der Waals surface area contributed by atoms with E-state index in [2.05, 4.69) is 5.32 Å². The van der Waals surface area contributed by atoms with Crippen LogP contribution in [0.15, 0.2) is 30.3 Å². The molecule has 1 unspecified atom stereocenters. The third-order valence-corrected chi connectivity index (χ3v) is 4.29. The molecule has 0 spiro atoms. The molecule has 1 aliphatic rings. The number of halogens is 6. The highest BCUT2D eigenvalue weighted by Crippen LogP contribution is 2.48. The van der Waals surface area contributed by atoms with Gasteiger partial charge in [-0.25, -0.2) is 8.78 Å². The lowest BCUT2D eigenvalue weighted by Crippen LogP contribution is -2.37. The third kappa shape index (κ3) is 2.46. The van der Waals surface area contributed by atoms with Crippen LogP contribution >= 0.6 is 22.6 Å². The average molecular weight is 455 g/mol. The van der Waals surface area contributed by atoms with Crippen LogP contribution in [-0.2, 0) is 16.6 Å². The largest absolute Gasteiger partial charge is 0.416 e. The lowest BCUT2D eigenvalue weighted by Gasteiger charge is -2.25. The highest BCUT2D eigenvalue weighted by Gasteiger charge is 2.53. The van der Waals surface area contributed by atoms with E-state index < -0.39 is 46.0 Å². The number of aliphatic hydroxyl groups is 1. The Kier molecular flexibility index (Phi) is 3.83. The summed E-state index contributed by atoms with van der Waals surface area (Å²) in [4.78, 5) is 12.2. The van der Waals surface area contributed by atoms with E-state index in [0.717, 1.165) is 18.2 Å². The van der Waals surface area contributed by atoms with Crippen molar-refractivity contribution in [2.75, 3.05) is 5.32 Å². The molecule has 1 atom stereocenters. The van der Waals surface area contributed by atoms with Gasteiger partial charge in [-0.1, -0.05) is 0 Å². The van der Waals surface area contributed by atoms with Gasteiger partial charge in [-0.3, -0.25) is 4.79 Å². The van der Waals surface area contributed by atoms with Crippen molar-refractivity contribution in [3.05, 3.63) is 62.2 Å². The predicted molar refractivity (Wildman–Crippen MR) is 82.1 cm³/mol. The molecule has 126 valence electrons. The molecule has 0 aromatic heterocycles. The second-order valence-corrected chi connectivity index (χ2v) is 6.41. The summed E-state index contributed by atoms with van der Waals surface area (Å²) in [6.45, 7) is 0. The fraction of sp³-hybridized carbons (Fsp3) is 0.133. The van der Waals surface area contributed by atoms with E-state index in [9.17, 15) is 31.9 Å². The van der Waals surface area contributed by atoms with Gasteiger partial charge in [0.2, 0.25) is 0 Å². The number of alkyl halides is 3. The van der Waals surface area contributed by atoms with Crippen LogP contribution in [0.4, 0.5) is 27.6 Å². The predicted octanol–water partition coefficient (Wildman–Crippen LogP) is 3.78. The van der Waals surface area contributed by atoms with Crippen LogP contribution in [0.5, 0.6) is 0 Å². The number of carbonyl (C=O) groups is 1. The molecule has 1 heterocycles. The molecule has 0 fully saturated rings. The molecular weight excluding hydrogens is 448 g/mol. The van der Waals surface area contributed by atoms with Crippen LogP contribution in [0.3, 0.4) is 0 Å². The zero-order valence-electron chi connectivity index (χ0n) is 11.5. The maximum absolute atomic E-state index is 14.1. The summed E-state index contributed by atoms with van der Waals surface area (Å²) in [6, 6.07) is 3.85. The molecular formula is C15H7F5INO2. The molecule has 0 saturated carbocycles. The van der Waals surface area contributed by atoms with E-state index in [1.165, 1.54) is 6.07 Å². The Morgan fingerprint density at radius 2 is 1.79 bits per heavy atom.